The van der Waals surface area contributed by atoms with Gasteiger partial charge in [0, 0.05) is 25.6 Å². The van der Waals surface area contributed by atoms with Gasteiger partial charge >= 0.3 is 0 Å². The van der Waals surface area contributed by atoms with Gasteiger partial charge in [0.05, 0.1) is 13.2 Å². The Balaban J connectivity index is 1.79. The van der Waals surface area contributed by atoms with Crippen LogP contribution in [0.15, 0.2) is 18.2 Å². The molecule has 0 amide bonds. The zero-order chi connectivity index (χ0) is 14.7. The van der Waals surface area contributed by atoms with Crippen LogP contribution in [0.4, 0.5) is 0 Å². The van der Waals surface area contributed by atoms with Gasteiger partial charge in [0.1, 0.15) is 0 Å². The van der Waals surface area contributed by atoms with E-state index in [1.807, 2.05) is 6.07 Å². The topological polar surface area (TPSA) is 47.7 Å². The number of rotatable bonds is 4. The Morgan fingerprint density at radius 2 is 2.10 bits per heavy atom. The molecule has 4 nitrogen and oxygen atoms in total. The highest BCUT2D eigenvalue weighted by atomic mass is 16.5. The fourth-order valence-electron chi connectivity index (χ4n) is 3.36. The molecule has 21 heavy (non-hydrogen) atoms. The van der Waals surface area contributed by atoms with Crippen LogP contribution in [0.1, 0.15) is 37.8 Å². The van der Waals surface area contributed by atoms with Crippen molar-refractivity contribution in [2.24, 2.45) is 11.7 Å². The quantitative estimate of drug-likeness (QED) is 0.926. The van der Waals surface area contributed by atoms with Crippen molar-refractivity contribution in [3.05, 3.63) is 23.8 Å². The zero-order valence-electron chi connectivity index (χ0n) is 12.9. The Morgan fingerprint density at radius 3 is 2.81 bits per heavy atom. The number of benzene rings is 1. The molecule has 0 aliphatic carbocycles. The van der Waals surface area contributed by atoms with E-state index in [-0.39, 0.29) is 0 Å². The van der Waals surface area contributed by atoms with E-state index >= 15 is 0 Å². The first-order chi connectivity index (χ1) is 10.3. The summed E-state index contributed by atoms with van der Waals surface area (Å²) in [4.78, 5) is 2.52. The molecule has 4 heteroatoms. The Kier molecular flexibility index (Phi) is 4.66. The third kappa shape index (κ3) is 3.16. The largest absolute Gasteiger partial charge is 0.490 e. The lowest BCUT2D eigenvalue weighted by molar-refractivity contribution is 0.240. The summed E-state index contributed by atoms with van der Waals surface area (Å²) in [5.74, 6) is 2.55. The highest BCUT2D eigenvalue weighted by molar-refractivity contribution is 5.44. The van der Waals surface area contributed by atoms with Crippen LogP contribution in [0.3, 0.4) is 0 Å². The third-order valence-electron chi connectivity index (χ3n) is 4.71. The fourth-order valence-corrected chi connectivity index (χ4v) is 3.36. The Bertz CT molecular complexity index is 478. The van der Waals surface area contributed by atoms with Gasteiger partial charge in [0.2, 0.25) is 0 Å². The second kappa shape index (κ2) is 6.67. The van der Waals surface area contributed by atoms with Crippen molar-refractivity contribution in [1.29, 1.82) is 0 Å². The normalized spacial score (nSPS) is 23.8. The smallest absolute Gasteiger partial charge is 0.161 e. The van der Waals surface area contributed by atoms with Crippen molar-refractivity contribution >= 4 is 0 Å². The summed E-state index contributed by atoms with van der Waals surface area (Å²) in [6, 6.07) is 6.59. The molecule has 0 bridgehead atoms. The van der Waals surface area contributed by atoms with Crippen molar-refractivity contribution in [2.75, 3.05) is 32.8 Å². The van der Waals surface area contributed by atoms with E-state index in [1.165, 1.54) is 18.4 Å². The molecule has 2 aliphatic heterocycles. The molecule has 2 aliphatic rings. The van der Waals surface area contributed by atoms with Crippen LogP contribution in [-0.2, 0) is 0 Å². The first-order valence-electron chi connectivity index (χ1n) is 8.15. The molecule has 1 aromatic carbocycles. The van der Waals surface area contributed by atoms with Gasteiger partial charge in [-0.25, -0.2) is 0 Å². The Hall–Kier alpha value is -1.26. The van der Waals surface area contributed by atoms with Gasteiger partial charge in [0.15, 0.2) is 11.5 Å². The van der Waals surface area contributed by atoms with E-state index in [0.29, 0.717) is 12.6 Å². The fraction of sp³-hybridized carbons (Fsp3) is 0.647. The second-order valence-corrected chi connectivity index (χ2v) is 6.07. The SMILES string of the molecule is CCC1CCN(C(CN)c2ccc3c(c2)OCCCO3)C1. The number of ether oxygens (including phenoxy) is 2. The summed E-state index contributed by atoms with van der Waals surface area (Å²) in [7, 11) is 0. The molecule has 116 valence electrons. The minimum Gasteiger partial charge on any atom is -0.490 e. The van der Waals surface area contributed by atoms with Crippen LogP contribution < -0.4 is 15.2 Å². The number of fused-ring (bicyclic) bond motifs is 1. The number of likely N-dealkylation sites (tertiary alicyclic amines) is 1. The van der Waals surface area contributed by atoms with Crippen molar-refractivity contribution in [1.82, 2.24) is 4.90 Å². The lowest BCUT2D eigenvalue weighted by Gasteiger charge is -2.27. The molecular weight excluding hydrogens is 264 g/mol. The summed E-state index contributed by atoms with van der Waals surface area (Å²) >= 11 is 0. The molecule has 0 saturated carbocycles. The molecule has 0 aromatic heterocycles. The molecule has 1 fully saturated rings. The second-order valence-electron chi connectivity index (χ2n) is 6.07. The molecule has 3 rings (SSSR count). The van der Waals surface area contributed by atoms with Crippen LogP contribution in [0.5, 0.6) is 11.5 Å². The standard InChI is InChI=1S/C17H26N2O2/c1-2-13-6-7-19(12-13)15(11-18)14-4-5-16-17(10-14)21-9-3-8-20-16/h4-5,10,13,15H,2-3,6-9,11-12,18H2,1H3. The third-order valence-corrected chi connectivity index (χ3v) is 4.71. The van der Waals surface area contributed by atoms with Crippen LogP contribution >= 0.6 is 0 Å². The summed E-state index contributed by atoms with van der Waals surface area (Å²) in [5, 5.41) is 0. The highest BCUT2D eigenvalue weighted by Gasteiger charge is 2.28. The molecule has 2 heterocycles. The van der Waals surface area contributed by atoms with E-state index < -0.39 is 0 Å². The average Bonchev–Trinajstić information content (AvgIpc) is 2.86. The molecule has 1 aromatic rings. The van der Waals surface area contributed by atoms with Crippen molar-refractivity contribution in [3.8, 4) is 11.5 Å². The molecule has 2 unspecified atom stereocenters. The maximum atomic E-state index is 6.06. The molecule has 2 N–H and O–H groups in total. The van der Waals surface area contributed by atoms with Gasteiger partial charge in [-0.05, 0) is 36.6 Å². The maximum absolute atomic E-state index is 6.06. The molecule has 0 radical (unpaired) electrons. The lowest BCUT2D eigenvalue weighted by atomic mass is 10.0. The van der Waals surface area contributed by atoms with Gasteiger partial charge in [-0.1, -0.05) is 19.4 Å². The molecular formula is C17H26N2O2. The van der Waals surface area contributed by atoms with E-state index in [1.54, 1.807) is 0 Å². The van der Waals surface area contributed by atoms with Gasteiger partial charge in [-0.2, -0.15) is 0 Å². The van der Waals surface area contributed by atoms with Crippen molar-refractivity contribution in [2.45, 2.75) is 32.2 Å². The van der Waals surface area contributed by atoms with Gasteiger partial charge < -0.3 is 15.2 Å². The summed E-state index contributed by atoms with van der Waals surface area (Å²) in [5.41, 5.74) is 7.31. The number of hydrogen-bond acceptors (Lipinski definition) is 4. The highest BCUT2D eigenvalue weighted by Crippen LogP contribution is 2.35. The minimum absolute atomic E-state index is 0.290. The van der Waals surface area contributed by atoms with Crippen molar-refractivity contribution in [3.63, 3.8) is 0 Å². The van der Waals surface area contributed by atoms with Gasteiger partial charge in [-0.3, -0.25) is 4.90 Å². The summed E-state index contributed by atoms with van der Waals surface area (Å²) in [6.07, 6.45) is 3.49. The Labute approximate surface area is 127 Å². The van der Waals surface area contributed by atoms with E-state index in [2.05, 4.69) is 24.0 Å². The predicted molar refractivity (Wildman–Crippen MR) is 83.8 cm³/mol. The van der Waals surface area contributed by atoms with E-state index in [4.69, 9.17) is 15.2 Å². The molecule has 2 atom stereocenters. The van der Waals surface area contributed by atoms with Gasteiger partial charge in [-0.15, -0.1) is 0 Å². The first-order valence-corrected chi connectivity index (χ1v) is 8.15. The van der Waals surface area contributed by atoms with Gasteiger partial charge in [0.25, 0.3) is 0 Å². The lowest BCUT2D eigenvalue weighted by Crippen LogP contribution is -2.32. The summed E-state index contributed by atoms with van der Waals surface area (Å²) < 4.78 is 11.5. The van der Waals surface area contributed by atoms with Crippen LogP contribution in [0, 0.1) is 5.92 Å². The maximum Gasteiger partial charge on any atom is 0.161 e. The Morgan fingerprint density at radius 1 is 1.29 bits per heavy atom. The van der Waals surface area contributed by atoms with Crippen LogP contribution in [0.2, 0.25) is 0 Å². The van der Waals surface area contributed by atoms with Crippen molar-refractivity contribution < 1.29 is 9.47 Å². The zero-order valence-corrected chi connectivity index (χ0v) is 12.9. The number of nitrogens with two attached hydrogens (primary N) is 1. The van der Waals surface area contributed by atoms with E-state index in [0.717, 1.165) is 50.1 Å². The minimum atomic E-state index is 0.290. The monoisotopic (exact) mass is 290 g/mol. The average molecular weight is 290 g/mol. The number of hydrogen-bond donors (Lipinski definition) is 1. The molecule has 0 spiro atoms. The summed E-state index contributed by atoms with van der Waals surface area (Å²) in [6.45, 7) is 6.69. The molecule has 1 saturated heterocycles. The van der Waals surface area contributed by atoms with Crippen LogP contribution in [-0.4, -0.2) is 37.7 Å². The number of nitrogens with zero attached hydrogens (tertiary/aromatic N) is 1. The van der Waals surface area contributed by atoms with Crippen LogP contribution in [0.25, 0.3) is 0 Å². The first kappa shape index (κ1) is 14.7. The predicted octanol–water partition coefficient (Wildman–Crippen LogP) is 2.58. The van der Waals surface area contributed by atoms with E-state index in [9.17, 15) is 0 Å².